The van der Waals surface area contributed by atoms with E-state index in [-0.39, 0.29) is 24.1 Å². The molecule has 0 saturated carbocycles. The molecule has 0 atom stereocenters. The average Bonchev–Trinajstić information content (AvgIpc) is 2.95. The molecule has 28 heavy (non-hydrogen) atoms. The zero-order chi connectivity index (χ0) is 20.1. The van der Waals surface area contributed by atoms with Crippen LogP contribution in [0.3, 0.4) is 0 Å². The van der Waals surface area contributed by atoms with Gasteiger partial charge in [-0.25, -0.2) is 4.79 Å². The Labute approximate surface area is 163 Å². The summed E-state index contributed by atoms with van der Waals surface area (Å²) in [6.45, 7) is 3.92. The van der Waals surface area contributed by atoms with Crippen molar-refractivity contribution in [2.75, 3.05) is 18.5 Å². The summed E-state index contributed by atoms with van der Waals surface area (Å²) in [5, 5.41) is 5.31. The van der Waals surface area contributed by atoms with E-state index >= 15 is 0 Å². The lowest BCUT2D eigenvalue weighted by atomic mass is 10.2. The Morgan fingerprint density at radius 2 is 1.79 bits per heavy atom. The van der Waals surface area contributed by atoms with Crippen LogP contribution >= 0.6 is 0 Å². The summed E-state index contributed by atoms with van der Waals surface area (Å²) in [5.74, 6) is -0.0762. The van der Waals surface area contributed by atoms with E-state index in [0.717, 1.165) is 16.0 Å². The second-order valence-corrected chi connectivity index (χ2v) is 6.31. The summed E-state index contributed by atoms with van der Waals surface area (Å²) >= 11 is 0. The minimum atomic E-state index is -0.418. The van der Waals surface area contributed by atoms with Gasteiger partial charge >= 0.3 is 6.03 Å². The number of anilines is 1. The van der Waals surface area contributed by atoms with Gasteiger partial charge < -0.3 is 15.4 Å². The third kappa shape index (κ3) is 4.56. The second-order valence-electron chi connectivity index (χ2n) is 6.31. The number of ether oxygens (including phenoxy) is 1. The number of rotatable bonds is 6. The molecular formula is C21H21N3O4. The van der Waals surface area contributed by atoms with Crippen LogP contribution in [0.25, 0.3) is 6.08 Å². The molecule has 144 valence electrons. The zero-order valence-electron chi connectivity index (χ0n) is 15.7. The van der Waals surface area contributed by atoms with Crippen molar-refractivity contribution in [2.24, 2.45) is 0 Å². The summed E-state index contributed by atoms with van der Waals surface area (Å²) in [4.78, 5) is 36.8. The third-order valence-corrected chi connectivity index (χ3v) is 4.17. The quantitative estimate of drug-likeness (QED) is 0.597. The van der Waals surface area contributed by atoms with Gasteiger partial charge in [0.15, 0.2) is 6.61 Å². The molecule has 0 bridgehead atoms. The van der Waals surface area contributed by atoms with Crippen molar-refractivity contribution >= 4 is 29.6 Å². The minimum absolute atomic E-state index is 0.117. The molecule has 0 spiro atoms. The van der Waals surface area contributed by atoms with Crippen molar-refractivity contribution in [3.05, 3.63) is 65.4 Å². The van der Waals surface area contributed by atoms with Crippen molar-refractivity contribution in [1.29, 1.82) is 0 Å². The number of urea groups is 1. The normalized spacial score (nSPS) is 14.9. The lowest BCUT2D eigenvalue weighted by Gasteiger charge is -2.08. The van der Waals surface area contributed by atoms with Crippen LogP contribution in [0.1, 0.15) is 18.1 Å². The van der Waals surface area contributed by atoms with Crippen molar-refractivity contribution in [3.63, 3.8) is 0 Å². The molecular weight excluding hydrogens is 358 g/mol. The van der Waals surface area contributed by atoms with Gasteiger partial charge in [-0.2, -0.15) is 0 Å². The number of amides is 4. The van der Waals surface area contributed by atoms with Crippen molar-refractivity contribution < 1.29 is 19.1 Å². The van der Waals surface area contributed by atoms with Crippen LogP contribution in [0.2, 0.25) is 0 Å². The number of hydrogen-bond donors (Lipinski definition) is 2. The van der Waals surface area contributed by atoms with Gasteiger partial charge in [-0.15, -0.1) is 0 Å². The Bertz CT molecular complexity index is 918. The number of nitrogens with one attached hydrogen (secondary N) is 2. The predicted octanol–water partition coefficient (Wildman–Crippen LogP) is 2.93. The first-order valence-electron chi connectivity index (χ1n) is 8.90. The number of benzene rings is 2. The molecule has 2 aromatic rings. The van der Waals surface area contributed by atoms with Crippen LogP contribution in [0.15, 0.2) is 54.2 Å². The van der Waals surface area contributed by atoms with Gasteiger partial charge in [0.05, 0.1) is 0 Å². The van der Waals surface area contributed by atoms with Gasteiger partial charge in [0.1, 0.15) is 11.4 Å². The minimum Gasteiger partial charge on any atom is -0.484 e. The molecule has 4 amide bonds. The first-order valence-corrected chi connectivity index (χ1v) is 8.90. The summed E-state index contributed by atoms with van der Waals surface area (Å²) in [5.41, 5.74) is 2.80. The van der Waals surface area contributed by atoms with Crippen LogP contribution in [-0.4, -0.2) is 35.9 Å². The number of likely N-dealkylation sites (N-methyl/N-ethyl adjacent to an activating group) is 1. The first-order chi connectivity index (χ1) is 13.5. The molecule has 2 aromatic carbocycles. The maximum absolute atomic E-state index is 12.1. The van der Waals surface area contributed by atoms with Gasteiger partial charge in [0.2, 0.25) is 0 Å². The fourth-order valence-electron chi connectivity index (χ4n) is 2.67. The van der Waals surface area contributed by atoms with Crippen molar-refractivity contribution in [2.45, 2.75) is 13.8 Å². The van der Waals surface area contributed by atoms with E-state index in [1.165, 1.54) is 0 Å². The molecule has 1 aliphatic heterocycles. The highest BCUT2D eigenvalue weighted by molar-refractivity contribution is 6.13. The Balaban J connectivity index is 1.55. The molecule has 7 heteroatoms. The summed E-state index contributed by atoms with van der Waals surface area (Å²) in [7, 11) is 0. The second kappa shape index (κ2) is 8.39. The highest BCUT2D eigenvalue weighted by atomic mass is 16.5. The fraction of sp³-hybridized carbons (Fsp3) is 0.190. The van der Waals surface area contributed by atoms with E-state index in [9.17, 15) is 14.4 Å². The molecule has 0 radical (unpaired) electrons. The number of carbonyl (C=O) groups is 3. The van der Waals surface area contributed by atoms with E-state index in [4.69, 9.17) is 4.74 Å². The lowest BCUT2D eigenvalue weighted by Crippen LogP contribution is -2.30. The monoisotopic (exact) mass is 379 g/mol. The van der Waals surface area contributed by atoms with E-state index in [1.807, 2.05) is 31.2 Å². The molecule has 2 N–H and O–H groups in total. The highest BCUT2D eigenvalue weighted by Gasteiger charge is 2.31. The van der Waals surface area contributed by atoms with Gasteiger partial charge in [-0.05, 0) is 49.8 Å². The summed E-state index contributed by atoms with van der Waals surface area (Å²) < 4.78 is 5.48. The Morgan fingerprint density at radius 1 is 1.11 bits per heavy atom. The van der Waals surface area contributed by atoms with Crippen molar-refractivity contribution in [3.8, 4) is 5.75 Å². The van der Waals surface area contributed by atoms with Gasteiger partial charge in [-0.3, -0.25) is 14.5 Å². The number of imide groups is 1. The van der Waals surface area contributed by atoms with Crippen LogP contribution in [0.5, 0.6) is 5.75 Å². The molecule has 3 rings (SSSR count). The number of carbonyl (C=O) groups excluding carboxylic acids is 3. The lowest BCUT2D eigenvalue weighted by molar-refractivity contribution is -0.122. The Kier molecular flexibility index (Phi) is 5.74. The largest absolute Gasteiger partial charge is 0.484 e. The Morgan fingerprint density at radius 3 is 2.39 bits per heavy atom. The van der Waals surface area contributed by atoms with Crippen LogP contribution in [0, 0.1) is 6.92 Å². The molecule has 7 nitrogen and oxygen atoms in total. The summed E-state index contributed by atoms with van der Waals surface area (Å²) in [6.07, 6.45) is 1.60. The standard InChI is InChI=1S/C21H21N3O4/c1-3-24-20(26)18(23-21(24)27)12-15-6-10-17(11-7-15)28-13-19(25)22-16-8-4-14(2)5-9-16/h4-12H,3,13H2,1-2H3,(H,22,25)(H,23,27)/b18-12+. The molecule has 1 heterocycles. The highest BCUT2D eigenvalue weighted by Crippen LogP contribution is 2.17. The van der Waals surface area contributed by atoms with E-state index in [1.54, 1.807) is 37.3 Å². The molecule has 0 aromatic heterocycles. The maximum Gasteiger partial charge on any atom is 0.328 e. The number of hydrogen-bond acceptors (Lipinski definition) is 4. The van der Waals surface area contributed by atoms with E-state index < -0.39 is 6.03 Å². The van der Waals surface area contributed by atoms with Gasteiger partial charge in [0.25, 0.3) is 11.8 Å². The molecule has 1 fully saturated rings. The van der Waals surface area contributed by atoms with Gasteiger partial charge in [0, 0.05) is 12.2 Å². The molecule has 1 saturated heterocycles. The van der Waals surface area contributed by atoms with Crippen LogP contribution < -0.4 is 15.4 Å². The fourth-order valence-corrected chi connectivity index (χ4v) is 2.67. The number of nitrogens with zero attached hydrogens (tertiary/aromatic N) is 1. The predicted molar refractivity (Wildman–Crippen MR) is 106 cm³/mol. The first kappa shape index (κ1) is 19.2. The SMILES string of the molecule is CCN1C(=O)N/C(=C/c2ccc(OCC(=O)Nc3ccc(C)cc3)cc2)C1=O. The van der Waals surface area contributed by atoms with Crippen LogP contribution in [-0.2, 0) is 9.59 Å². The Hall–Kier alpha value is -3.61. The van der Waals surface area contributed by atoms with E-state index in [0.29, 0.717) is 18.0 Å². The topological polar surface area (TPSA) is 87.7 Å². The number of aryl methyl sites for hydroxylation is 1. The average molecular weight is 379 g/mol. The summed E-state index contributed by atoms with van der Waals surface area (Å²) in [6, 6.07) is 14.0. The maximum atomic E-state index is 12.1. The van der Waals surface area contributed by atoms with Crippen LogP contribution in [0.4, 0.5) is 10.5 Å². The zero-order valence-corrected chi connectivity index (χ0v) is 15.7. The smallest absolute Gasteiger partial charge is 0.328 e. The van der Waals surface area contributed by atoms with Crippen molar-refractivity contribution in [1.82, 2.24) is 10.2 Å². The van der Waals surface area contributed by atoms with E-state index in [2.05, 4.69) is 10.6 Å². The molecule has 1 aliphatic rings. The molecule has 0 aliphatic carbocycles. The third-order valence-electron chi connectivity index (χ3n) is 4.17. The van der Waals surface area contributed by atoms with Gasteiger partial charge in [-0.1, -0.05) is 29.8 Å². The molecule has 0 unspecified atom stereocenters.